The van der Waals surface area contributed by atoms with Gasteiger partial charge in [0.1, 0.15) is 11.5 Å². The van der Waals surface area contributed by atoms with Gasteiger partial charge >= 0.3 is 0 Å². The number of hydrogen-bond donors (Lipinski definition) is 0. The lowest BCUT2D eigenvalue weighted by Gasteiger charge is -2.25. The zero-order valence-corrected chi connectivity index (χ0v) is 21.6. The van der Waals surface area contributed by atoms with E-state index in [0.717, 1.165) is 28.1 Å². The van der Waals surface area contributed by atoms with Crippen LogP contribution in [0.25, 0.3) is 21.7 Å². The zero-order valence-electron chi connectivity index (χ0n) is 19.3. The summed E-state index contributed by atoms with van der Waals surface area (Å²) in [5.74, 6) is 1.15. The molecule has 0 unspecified atom stereocenters. The number of nitrogens with zero attached hydrogens (tertiary/aromatic N) is 1. The average Bonchev–Trinajstić information content (AvgIpc) is 2.89. The first kappa shape index (κ1) is 25.1. The number of hydrogen-bond acceptors (Lipinski definition) is 3. The molecular formula is C29H24Cl3NO2. The first-order chi connectivity index (χ1) is 16.9. The van der Waals surface area contributed by atoms with E-state index >= 15 is 0 Å². The second-order valence-electron chi connectivity index (χ2n) is 7.88. The molecule has 0 N–H and O–H groups in total. The number of methoxy groups -OCH3 is 2. The summed E-state index contributed by atoms with van der Waals surface area (Å²) in [4.78, 5) is 4.41. The van der Waals surface area contributed by atoms with Gasteiger partial charge in [-0.15, -0.1) is 0 Å². The average molecular weight is 525 g/mol. The first-order valence-corrected chi connectivity index (χ1v) is 12.1. The van der Waals surface area contributed by atoms with Crippen molar-refractivity contribution < 1.29 is 9.47 Å². The van der Waals surface area contributed by atoms with Gasteiger partial charge in [0.25, 0.3) is 0 Å². The molecule has 0 aliphatic heterocycles. The molecular weight excluding hydrogens is 501 g/mol. The number of pyridine rings is 1. The largest absolute Gasteiger partial charge is 0.497 e. The molecule has 1 heterocycles. The van der Waals surface area contributed by atoms with Crippen molar-refractivity contribution >= 4 is 56.5 Å². The summed E-state index contributed by atoms with van der Waals surface area (Å²) in [6.45, 7) is 0. The molecule has 4 aromatic carbocycles. The number of alkyl halides is 3. The maximum Gasteiger partial charge on any atom is 0.201 e. The van der Waals surface area contributed by atoms with Crippen molar-refractivity contribution in [2.24, 2.45) is 0 Å². The standard InChI is InChI=1S/C16H15Cl3O2.C13H9N/c1-20-13-7-3-11(4-8-13)15(16(17,18)19)12-5-9-14(21-2)10-6-12;1-2-6-11-10(5-1)9-14-13-8-4-3-7-12(11)13/h3-10,15H,1-2H3;1-9H. The predicted octanol–water partition coefficient (Wildman–Crippen LogP) is 8.59. The third kappa shape index (κ3) is 5.99. The molecule has 0 saturated carbocycles. The van der Waals surface area contributed by atoms with Crippen molar-refractivity contribution in [3.8, 4) is 11.5 Å². The summed E-state index contributed by atoms with van der Waals surface area (Å²) < 4.78 is 8.85. The third-order valence-corrected chi connectivity index (χ3v) is 6.38. The number of rotatable bonds is 4. The van der Waals surface area contributed by atoms with E-state index in [1.54, 1.807) is 14.2 Å². The molecule has 0 aliphatic carbocycles. The van der Waals surface area contributed by atoms with Crippen LogP contribution in [0.5, 0.6) is 11.5 Å². The Hall–Kier alpha value is -2.98. The zero-order chi connectivity index (χ0) is 24.8. The van der Waals surface area contributed by atoms with Gasteiger partial charge in [0.15, 0.2) is 0 Å². The number of ether oxygens (including phenoxy) is 2. The van der Waals surface area contributed by atoms with Gasteiger partial charge < -0.3 is 9.47 Å². The molecule has 0 bridgehead atoms. The fraction of sp³-hybridized carbons (Fsp3) is 0.138. The molecule has 0 fully saturated rings. The second-order valence-corrected chi connectivity index (χ2v) is 10.3. The van der Waals surface area contributed by atoms with E-state index in [1.165, 1.54) is 16.2 Å². The van der Waals surface area contributed by atoms with Crippen molar-refractivity contribution in [3.05, 3.63) is 114 Å². The molecule has 0 amide bonds. The minimum atomic E-state index is -1.46. The van der Waals surface area contributed by atoms with Gasteiger partial charge in [-0.1, -0.05) is 102 Å². The van der Waals surface area contributed by atoms with E-state index in [2.05, 4.69) is 35.3 Å². The third-order valence-electron chi connectivity index (χ3n) is 5.72. The van der Waals surface area contributed by atoms with Gasteiger partial charge in [-0.3, -0.25) is 4.98 Å². The van der Waals surface area contributed by atoms with Crippen LogP contribution in [0.15, 0.2) is 103 Å². The minimum Gasteiger partial charge on any atom is -0.497 e. The molecule has 178 valence electrons. The Kier molecular flexibility index (Phi) is 8.02. The lowest BCUT2D eigenvalue weighted by atomic mass is 9.92. The number of para-hydroxylation sites is 1. The van der Waals surface area contributed by atoms with Crippen molar-refractivity contribution in [2.75, 3.05) is 14.2 Å². The summed E-state index contributed by atoms with van der Waals surface area (Å²) in [6, 6.07) is 31.6. The van der Waals surface area contributed by atoms with Gasteiger partial charge in [-0.05, 0) is 46.8 Å². The maximum atomic E-state index is 6.18. The van der Waals surface area contributed by atoms with E-state index in [-0.39, 0.29) is 5.92 Å². The Morgan fingerprint density at radius 1 is 0.629 bits per heavy atom. The highest BCUT2D eigenvalue weighted by atomic mass is 35.6. The second kappa shape index (κ2) is 11.2. The van der Waals surface area contributed by atoms with E-state index in [1.807, 2.05) is 72.9 Å². The molecule has 5 rings (SSSR count). The summed E-state index contributed by atoms with van der Waals surface area (Å²) >= 11 is 18.6. The van der Waals surface area contributed by atoms with Crippen molar-refractivity contribution in [1.82, 2.24) is 4.98 Å². The monoisotopic (exact) mass is 523 g/mol. The Morgan fingerprint density at radius 3 is 1.63 bits per heavy atom. The van der Waals surface area contributed by atoms with Gasteiger partial charge in [0, 0.05) is 17.0 Å². The van der Waals surface area contributed by atoms with E-state index < -0.39 is 3.79 Å². The first-order valence-electron chi connectivity index (χ1n) is 11.0. The SMILES string of the molecule is COc1ccc(C(c2ccc(OC)cc2)C(Cl)(Cl)Cl)cc1.c1ccc2c(c1)cnc1ccccc12. The Labute approximate surface area is 220 Å². The molecule has 0 radical (unpaired) electrons. The number of halogens is 3. The van der Waals surface area contributed by atoms with Gasteiger partial charge in [-0.2, -0.15) is 0 Å². The fourth-order valence-corrected chi connectivity index (χ4v) is 4.73. The van der Waals surface area contributed by atoms with Crippen LogP contribution < -0.4 is 9.47 Å². The number of benzene rings is 4. The van der Waals surface area contributed by atoms with Crippen LogP contribution in [-0.4, -0.2) is 23.0 Å². The molecule has 0 aliphatic rings. The van der Waals surface area contributed by atoms with E-state index in [0.29, 0.717) is 0 Å². The molecule has 0 atom stereocenters. The normalized spacial score (nSPS) is 11.3. The molecule has 6 heteroatoms. The predicted molar refractivity (Wildman–Crippen MR) is 147 cm³/mol. The van der Waals surface area contributed by atoms with Gasteiger partial charge in [-0.25, -0.2) is 0 Å². The van der Waals surface area contributed by atoms with Crippen molar-refractivity contribution in [3.63, 3.8) is 0 Å². The minimum absolute atomic E-state index is 0.376. The van der Waals surface area contributed by atoms with E-state index in [4.69, 9.17) is 44.3 Å². The lowest BCUT2D eigenvalue weighted by molar-refractivity contribution is 0.414. The Morgan fingerprint density at radius 2 is 1.11 bits per heavy atom. The molecule has 35 heavy (non-hydrogen) atoms. The number of aromatic nitrogens is 1. The Balaban J connectivity index is 0.000000177. The van der Waals surface area contributed by atoms with Crippen LogP contribution in [0.4, 0.5) is 0 Å². The molecule has 1 aromatic heterocycles. The van der Waals surface area contributed by atoms with Crippen LogP contribution in [0.1, 0.15) is 17.0 Å². The lowest BCUT2D eigenvalue weighted by Crippen LogP contribution is -2.18. The quantitative estimate of drug-likeness (QED) is 0.174. The number of fused-ring (bicyclic) bond motifs is 3. The topological polar surface area (TPSA) is 31.4 Å². The van der Waals surface area contributed by atoms with Crippen LogP contribution in [-0.2, 0) is 0 Å². The van der Waals surface area contributed by atoms with Crippen LogP contribution in [0.3, 0.4) is 0 Å². The highest BCUT2D eigenvalue weighted by molar-refractivity contribution is 6.68. The van der Waals surface area contributed by atoms with E-state index in [9.17, 15) is 0 Å². The smallest absolute Gasteiger partial charge is 0.201 e. The van der Waals surface area contributed by atoms with Crippen molar-refractivity contribution in [1.29, 1.82) is 0 Å². The Bertz CT molecular complexity index is 1300. The molecule has 3 nitrogen and oxygen atoms in total. The fourth-order valence-electron chi connectivity index (χ4n) is 3.97. The summed E-state index contributed by atoms with van der Waals surface area (Å²) in [6.07, 6.45) is 1.93. The summed E-state index contributed by atoms with van der Waals surface area (Å²) in [5, 5.41) is 3.70. The summed E-state index contributed by atoms with van der Waals surface area (Å²) in [7, 11) is 3.23. The van der Waals surface area contributed by atoms with Crippen LogP contribution in [0, 0.1) is 0 Å². The maximum absolute atomic E-state index is 6.18. The highest BCUT2D eigenvalue weighted by Gasteiger charge is 2.35. The summed E-state index contributed by atoms with van der Waals surface area (Å²) in [5.41, 5.74) is 2.87. The van der Waals surface area contributed by atoms with Crippen molar-refractivity contribution in [2.45, 2.75) is 9.71 Å². The molecule has 5 aromatic rings. The van der Waals surface area contributed by atoms with Crippen LogP contribution >= 0.6 is 34.8 Å². The molecule has 0 saturated heterocycles. The van der Waals surface area contributed by atoms with Gasteiger partial charge in [0.2, 0.25) is 3.79 Å². The van der Waals surface area contributed by atoms with Crippen LogP contribution in [0.2, 0.25) is 0 Å². The molecule has 0 spiro atoms. The van der Waals surface area contributed by atoms with Gasteiger partial charge in [0.05, 0.1) is 25.7 Å². The highest BCUT2D eigenvalue weighted by Crippen LogP contribution is 2.46.